The van der Waals surface area contributed by atoms with Gasteiger partial charge in [-0.1, -0.05) is 54.6 Å². The van der Waals surface area contributed by atoms with E-state index in [0.717, 1.165) is 6.42 Å². The molecule has 3 aromatic carbocycles. The minimum Gasteiger partial charge on any atom is -0.396 e. The lowest BCUT2D eigenvalue weighted by Crippen LogP contribution is -2.38. The first kappa shape index (κ1) is 16.9. The highest BCUT2D eigenvalue weighted by Crippen LogP contribution is 2.60. The van der Waals surface area contributed by atoms with Crippen molar-refractivity contribution >= 4 is 23.2 Å². The normalized spacial score (nSPS) is 12.8. The average Bonchev–Trinajstić information content (AvgIpc) is 2.65. The molecule has 0 aromatic heterocycles. The first-order valence-corrected chi connectivity index (χ1v) is 10.3. The number of aliphatic hydroxyl groups is 1. The van der Waals surface area contributed by atoms with Crippen molar-refractivity contribution < 1.29 is 5.11 Å². The van der Waals surface area contributed by atoms with E-state index >= 15 is 0 Å². The SMILES string of the molecule is CC(CCO)[P+](c1ccccc1)(c1ccccc1)c1ccccc1. The van der Waals surface area contributed by atoms with Crippen LogP contribution in [-0.2, 0) is 0 Å². The highest BCUT2D eigenvalue weighted by atomic mass is 31.2. The fourth-order valence-corrected chi connectivity index (χ4v) is 8.43. The summed E-state index contributed by atoms with van der Waals surface area (Å²) in [6.45, 7) is 2.51. The Balaban J connectivity index is 2.33. The van der Waals surface area contributed by atoms with Gasteiger partial charge in [-0.3, -0.25) is 0 Å². The van der Waals surface area contributed by atoms with Gasteiger partial charge in [0, 0.05) is 13.0 Å². The van der Waals surface area contributed by atoms with Crippen molar-refractivity contribution in [2.45, 2.75) is 19.0 Å². The molecule has 1 N–H and O–H groups in total. The molecular formula is C22H24OP+. The molecule has 1 nitrogen and oxygen atoms in total. The Morgan fingerprint density at radius 2 is 1.00 bits per heavy atom. The van der Waals surface area contributed by atoms with Crippen LogP contribution in [0.2, 0.25) is 0 Å². The Hall–Kier alpha value is -1.95. The summed E-state index contributed by atoms with van der Waals surface area (Å²) >= 11 is 0. The third kappa shape index (κ3) is 3.02. The molecule has 0 aliphatic rings. The zero-order chi connectivity index (χ0) is 16.8. The molecule has 0 radical (unpaired) electrons. The van der Waals surface area contributed by atoms with Crippen molar-refractivity contribution in [2.75, 3.05) is 6.61 Å². The smallest absolute Gasteiger partial charge is 0.114 e. The summed E-state index contributed by atoms with van der Waals surface area (Å²) in [4.78, 5) is 0. The van der Waals surface area contributed by atoms with Gasteiger partial charge in [-0.15, -0.1) is 0 Å². The lowest BCUT2D eigenvalue weighted by atomic mass is 10.3. The van der Waals surface area contributed by atoms with Gasteiger partial charge in [-0.05, 0) is 43.3 Å². The van der Waals surface area contributed by atoms with Crippen molar-refractivity contribution in [3.8, 4) is 0 Å². The minimum atomic E-state index is -1.82. The topological polar surface area (TPSA) is 20.2 Å². The molecule has 0 saturated heterocycles. The second-order valence-electron chi connectivity index (χ2n) is 6.09. The van der Waals surface area contributed by atoms with Crippen LogP contribution in [-0.4, -0.2) is 17.4 Å². The van der Waals surface area contributed by atoms with Gasteiger partial charge >= 0.3 is 0 Å². The van der Waals surface area contributed by atoms with Crippen molar-refractivity contribution in [2.24, 2.45) is 0 Å². The Morgan fingerprint density at radius 1 is 0.667 bits per heavy atom. The zero-order valence-corrected chi connectivity index (χ0v) is 14.9. The summed E-state index contributed by atoms with van der Waals surface area (Å²) in [6.07, 6.45) is 0.798. The maximum absolute atomic E-state index is 9.66. The van der Waals surface area contributed by atoms with Gasteiger partial charge in [0.2, 0.25) is 0 Å². The summed E-state index contributed by atoms with van der Waals surface area (Å²) < 4.78 is 0. The van der Waals surface area contributed by atoms with Crippen molar-refractivity contribution in [3.05, 3.63) is 91.0 Å². The maximum atomic E-state index is 9.66. The summed E-state index contributed by atoms with van der Waals surface area (Å²) in [5.74, 6) is 0. The van der Waals surface area contributed by atoms with E-state index in [1.807, 2.05) is 0 Å². The van der Waals surface area contributed by atoms with Crippen LogP contribution < -0.4 is 15.9 Å². The molecular weight excluding hydrogens is 311 g/mol. The van der Waals surface area contributed by atoms with Gasteiger partial charge in [-0.2, -0.15) is 0 Å². The van der Waals surface area contributed by atoms with Crippen molar-refractivity contribution in [1.82, 2.24) is 0 Å². The molecule has 3 aromatic rings. The van der Waals surface area contributed by atoms with Crippen LogP contribution in [0.3, 0.4) is 0 Å². The predicted octanol–water partition coefficient (Wildman–Crippen LogP) is 3.75. The molecule has 24 heavy (non-hydrogen) atoms. The molecule has 0 bridgehead atoms. The van der Waals surface area contributed by atoms with Gasteiger partial charge in [-0.25, -0.2) is 0 Å². The lowest BCUT2D eigenvalue weighted by molar-refractivity contribution is 0.288. The molecule has 3 rings (SSSR count). The molecule has 0 saturated carbocycles. The molecule has 2 heteroatoms. The summed E-state index contributed by atoms with van der Waals surface area (Å²) in [5.41, 5.74) is 0.370. The quantitative estimate of drug-likeness (QED) is 0.680. The van der Waals surface area contributed by atoms with Crippen LogP contribution in [0.15, 0.2) is 91.0 Å². The van der Waals surface area contributed by atoms with Gasteiger partial charge in [0.25, 0.3) is 0 Å². The van der Waals surface area contributed by atoms with Crippen LogP contribution in [0.5, 0.6) is 0 Å². The van der Waals surface area contributed by atoms with Crippen LogP contribution >= 0.6 is 7.26 Å². The second kappa shape index (κ2) is 7.75. The van der Waals surface area contributed by atoms with Gasteiger partial charge in [0.1, 0.15) is 23.2 Å². The zero-order valence-electron chi connectivity index (χ0n) is 14.0. The molecule has 0 heterocycles. The number of hydrogen-bond donors (Lipinski definition) is 1. The molecule has 1 atom stereocenters. The molecule has 0 aliphatic carbocycles. The fourth-order valence-electron chi connectivity index (χ4n) is 3.58. The van der Waals surface area contributed by atoms with E-state index in [1.54, 1.807) is 0 Å². The predicted molar refractivity (Wildman–Crippen MR) is 106 cm³/mol. The maximum Gasteiger partial charge on any atom is 0.114 e. The molecule has 1 unspecified atom stereocenters. The Morgan fingerprint density at radius 3 is 1.29 bits per heavy atom. The lowest BCUT2D eigenvalue weighted by Gasteiger charge is -2.32. The number of aliphatic hydroxyl groups excluding tert-OH is 1. The van der Waals surface area contributed by atoms with Crippen LogP contribution in [0.4, 0.5) is 0 Å². The number of hydrogen-bond acceptors (Lipinski definition) is 1. The standard InChI is InChI=1S/C22H24OP/c1-19(17-18-23)24(20-11-5-2-6-12-20,21-13-7-3-8-14-21)22-15-9-4-10-16-22/h2-16,19,23H,17-18H2,1H3/q+1. The summed E-state index contributed by atoms with van der Waals surface area (Å²) in [6, 6.07) is 32.5. The highest BCUT2D eigenvalue weighted by Gasteiger charge is 2.49. The first-order chi connectivity index (χ1) is 11.8. The minimum absolute atomic E-state index is 0.218. The van der Waals surface area contributed by atoms with Gasteiger partial charge in [0.05, 0.1) is 5.66 Å². The van der Waals surface area contributed by atoms with Gasteiger partial charge < -0.3 is 5.11 Å². The average molecular weight is 335 g/mol. The fraction of sp³-hybridized carbons (Fsp3) is 0.182. The van der Waals surface area contributed by atoms with E-state index in [1.165, 1.54) is 15.9 Å². The molecule has 122 valence electrons. The van der Waals surface area contributed by atoms with Crippen LogP contribution in [0.1, 0.15) is 13.3 Å². The largest absolute Gasteiger partial charge is 0.396 e. The Labute approximate surface area is 145 Å². The van der Waals surface area contributed by atoms with Crippen LogP contribution in [0.25, 0.3) is 0 Å². The third-order valence-corrected chi connectivity index (χ3v) is 9.62. The molecule has 0 aliphatic heterocycles. The Bertz CT molecular complexity index is 644. The number of rotatable bonds is 6. The first-order valence-electron chi connectivity index (χ1n) is 8.46. The summed E-state index contributed by atoms with van der Waals surface area (Å²) in [5, 5.41) is 13.8. The van der Waals surface area contributed by atoms with Crippen LogP contribution in [0, 0.1) is 0 Å². The third-order valence-electron chi connectivity index (χ3n) is 4.70. The monoisotopic (exact) mass is 335 g/mol. The molecule has 0 amide bonds. The van der Waals surface area contributed by atoms with E-state index in [0.29, 0.717) is 5.66 Å². The Kier molecular flexibility index (Phi) is 5.45. The second-order valence-corrected chi connectivity index (χ2v) is 9.97. The van der Waals surface area contributed by atoms with E-state index in [4.69, 9.17) is 0 Å². The van der Waals surface area contributed by atoms with Crippen molar-refractivity contribution in [1.29, 1.82) is 0 Å². The van der Waals surface area contributed by atoms with Crippen molar-refractivity contribution in [3.63, 3.8) is 0 Å². The number of benzene rings is 3. The molecule has 0 spiro atoms. The molecule has 0 fully saturated rings. The van der Waals surface area contributed by atoms with E-state index < -0.39 is 7.26 Å². The van der Waals surface area contributed by atoms with E-state index in [2.05, 4.69) is 97.9 Å². The summed E-state index contributed by atoms with van der Waals surface area (Å²) in [7, 11) is -1.82. The van der Waals surface area contributed by atoms with E-state index in [9.17, 15) is 5.11 Å². The van der Waals surface area contributed by atoms with Gasteiger partial charge in [0.15, 0.2) is 0 Å². The van der Waals surface area contributed by atoms with E-state index in [-0.39, 0.29) is 6.61 Å². The highest BCUT2D eigenvalue weighted by molar-refractivity contribution is 7.96.